The molecule has 100 valence electrons. The van der Waals surface area contributed by atoms with Crippen LogP contribution in [-0.4, -0.2) is 17.6 Å². The molecule has 0 fully saturated rings. The van der Waals surface area contributed by atoms with Crippen LogP contribution in [0, 0.1) is 11.6 Å². The molecule has 0 aliphatic carbocycles. The van der Waals surface area contributed by atoms with Gasteiger partial charge in [0.1, 0.15) is 17.9 Å². The number of aromatic nitrogens is 1. The standard InChI is InChI=1S/C12H9F2NO3S/c1-2-17-11(16)9-6-18-12(15-9)19-10-4-3-7(13)5-8(10)14/h3-6H,2H2,1H3. The first-order valence-corrected chi connectivity index (χ1v) is 6.17. The molecule has 1 aromatic heterocycles. The summed E-state index contributed by atoms with van der Waals surface area (Å²) in [4.78, 5) is 15.3. The number of esters is 1. The van der Waals surface area contributed by atoms with E-state index in [0.29, 0.717) is 0 Å². The molecule has 0 spiro atoms. The maximum Gasteiger partial charge on any atom is 0.360 e. The van der Waals surface area contributed by atoms with Crippen LogP contribution in [-0.2, 0) is 4.74 Å². The van der Waals surface area contributed by atoms with Crippen molar-refractivity contribution in [3.8, 4) is 0 Å². The van der Waals surface area contributed by atoms with Crippen LogP contribution in [0.4, 0.5) is 8.78 Å². The first-order valence-electron chi connectivity index (χ1n) is 5.35. The van der Waals surface area contributed by atoms with E-state index in [-0.39, 0.29) is 22.4 Å². The fraction of sp³-hybridized carbons (Fsp3) is 0.167. The maximum atomic E-state index is 13.4. The lowest BCUT2D eigenvalue weighted by molar-refractivity contribution is 0.0519. The Kier molecular flexibility index (Phi) is 4.16. The van der Waals surface area contributed by atoms with E-state index < -0.39 is 17.6 Å². The molecular weight excluding hydrogens is 276 g/mol. The zero-order chi connectivity index (χ0) is 13.8. The largest absolute Gasteiger partial charge is 0.461 e. The van der Waals surface area contributed by atoms with Crippen LogP contribution in [0.2, 0.25) is 0 Å². The van der Waals surface area contributed by atoms with Gasteiger partial charge in [0.25, 0.3) is 5.22 Å². The predicted octanol–water partition coefficient (Wildman–Crippen LogP) is 3.28. The van der Waals surface area contributed by atoms with Crippen LogP contribution in [0.3, 0.4) is 0 Å². The second kappa shape index (κ2) is 5.83. The SMILES string of the molecule is CCOC(=O)c1coc(Sc2ccc(F)cc2F)n1. The second-order valence-electron chi connectivity index (χ2n) is 3.40. The van der Waals surface area contributed by atoms with Gasteiger partial charge in [0.2, 0.25) is 0 Å². The molecule has 4 nitrogen and oxygen atoms in total. The summed E-state index contributed by atoms with van der Waals surface area (Å²) in [6.07, 6.45) is 1.13. The fourth-order valence-electron chi connectivity index (χ4n) is 1.25. The smallest absolute Gasteiger partial charge is 0.360 e. The van der Waals surface area contributed by atoms with E-state index in [1.807, 2.05) is 0 Å². The van der Waals surface area contributed by atoms with Gasteiger partial charge < -0.3 is 9.15 Å². The Morgan fingerprint density at radius 3 is 2.95 bits per heavy atom. The van der Waals surface area contributed by atoms with E-state index in [9.17, 15) is 13.6 Å². The maximum absolute atomic E-state index is 13.4. The minimum absolute atomic E-state index is 0.00636. The zero-order valence-electron chi connectivity index (χ0n) is 9.85. The fourth-order valence-corrected chi connectivity index (χ4v) is 1.98. The minimum Gasteiger partial charge on any atom is -0.461 e. The normalized spacial score (nSPS) is 10.5. The van der Waals surface area contributed by atoms with Gasteiger partial charge in [-0.3, -0.25) is 0 Å². The number of carbonyl (C=O) groups is 1. The third-order valence-corrected chi connectivity index (χ3v) is 2.97. The number of hydrogen-bond acceptors (Lipinski definition) is 5. The molecule has 0 saturated carbocycles. The third kappa shape index (κ3) is 3.31. The molecule has 0 atom stereocenters. The number of carbonyl (C=O) groups excluding carboxylic acids is 1. The molecule has 0 aliphatic rings. The van der Waals surface area contributed by atoms with E-state index in [2.05, 4.69) is 4.98 Å². The topological polar surface area (TPSA) is 52.3 Å². The monoisotopic (exact) mass is 285 g/mol. The van der Waals surface area contributed by atoms with Gasteiger partial charge in [0.05, 0.1) is 11.5 Å². The summed E-state index contributed by atoms with van der Waals surface area (Å²) >= 11 is 0.852. The highest BCUT2D eigenvalue weighted by Crippen LogP contribution is 2.29. The molecule has 0 N–H and O–H groups in total. The number of hydrogen-bond donors (Lipinski definition) is 0. The summed E-state index contributed by atoms with van der Waals surface area (Å²) < 4.78 is 35.9. The van der Waals surface area contributed by atoms with E-state index >= 15 is 0 Å². The van der Waals surface area contributed by atoms with Crippen molar-refractivity contribution in [2.75, 3.05) is 6.61 Å². The van der Waals surface area contributed by atoms with Gasteiger partial charge in [-0.1, -0.05) is 0 Å². The lowest BCUT2D eigenvalue weighted by Crippen LogP contribution is -2.04. The van der Waals surface area contributed by atoms with Crippen molar-refractivity contribution in [1.29, 1.82) is 0 Å². The first kappa shape index (κ1) is 13.5. The van der Waals surface area contributed by atoms with Crippen LogP contribution in [0.5, 0.6) is 0 Å². The Bertz CT molecular complexity index is 600. The van der Waals surface area contributed by atoms with E-state index in [0.717, 1.165) is 30.2 Å². The molecule has 0 unspecified atom stereocenters. The highest BCUT2D eigenvalue weighted by Gasteiger charge is 2.15. The van der Waals surface area contributed by atoms with Crippen molar-refractivity contribution in [1.82, 2.24) is 4.98 Å². The Morgan fingerprint density at radius 2 is 2.26 bits per heavy atom. The van der Waals surface area contributed by atoms with Crippen molar-refractivity contribution in [2.24, 2.45) is 0 Å². The van der Waals surface area contributed by atoms with Crippen molar-refractivity contribution in [3.63, 3.8) is 0 Å². The lowest BCUT2D eigenvalue weighted by Gasteiger charge is -1.98. The molecule has 2 aromatic rings. The van der Waals surface area contributed by atoms with E-state index in [4.69, 9.17) is 9.15 Å². The molecule has 0 radical (unpaired) electrons. The van der Waals surface area contributed by atoms with Gasteiger partial charge in [-0.25, -0.2) is 13.6 Å². The Labute approximate surface area is 111 Å². The van der Waals surface area contributed by atoms with E-state index in [1.54, 1.807) is 6.92 Å². The lowest BCUT2D eigenvalue weighted by atomic mass is 10.3. The molecule has 0 amide bonds. The predicted molar refractivity (Wildman–Crippen MR) is 62.9 cm³/mol. The van der Waals surface area contributed by atoms with Crippen LogP contribution >= 0.6 is 11.8 Å². The molecule has 2 rings (SSSR count). The average Bonchev–Trinajstić information content (AvgIpc) is 2.82. The third-order valence-electron chi connectivity index (χ3n) is 2.06. The summed E-state index contributed by atoms with van der Waals surface area (Å²) in [6.45, 7) is 1.89. The summed E-state index contributed by atoms with van der Waals surface area (Å²) in [7, 11) is 0. The van der Waals surface area contributed by atoms with Crippen molar-refractivity contribution >= 4 is 17.7 Å². The van der Waals surface area contributed by atoms with Crippen LogP contribution in [0.25, 0.3) is 0 Å². The van der Waals surface area contributed by atoms with Gasteiger partial charge >= 0.3 is 5.97 Å². The number of ether oxygens (including phenoxy) is 1. The molecule has 1 aromatic carbocycles. The number of oxazole rings is 1. The highest BCUT2D eigenvalue weighted by atomic mass is 32.2. The van der Waals surface area contributed by atoms with Gasteiger partial charge in [-0.05, 0) is 30.8 Å². The molecule has 0 bridgehead atoms. The van der Waals surface area contributed by atoms with E-state index in [1.165, 1.54) is 6.07 Å². The minimum atomic E-state index is -0.721. The van der Waals surface area contributed by atoms with Crippen LogP contribution in [0.1, 0.15) is 17.4 Å². The zero-order valence-corrected chi connectivity index (χ0v) is 10.7. The summed E-state index contributed by atoms with van der Waals surface area (Å²) in [5.74, 6) is -2.00. The van der Waals surface area contributed by atoms with Crippen LogP contribution < -0.4 is 0 Å². The van der Waals surface area contributed by atoms with Crippen molar-refractivity contribution in [3.05, 3.63) is 41.8 Å². The number of rotatable bonds is 4. The molecular formula is C12H9F2NO3S. The van der Waals surface area contributed by atoms with Crippen molar-refractivity contribution < 1.29 is 22.7 Å². The van der Waals surface area contributed by atoms with Gasteiger partial charge in [-0.2, -0.15) is 4.98 Å². The Hall–Kier alpha value is -1.89. The average molecular weight is 285 g/mol. The quantitative estimate of drug-likeness (QED) is 0.807. The summed E-state index contributed by atoms with van der Waals surface area (Å²) in [5.41, 5.74) is 0.00636. The first-order chi connectivity index (χ1) is 9.10. The van der Waals surface area contributed by atoms with Gasteiger partial charge in [-0.15, -0.1) is 0 Å². The Morgan fingerprint density at radius 1 is 1.47 bits per heavy atom. The number of halogens is 2. The summed E-state index contributed by atoms with van der Waals surface area (Å²) in [5, 5.41) is 0.0774. The van der Waals surface area contributed by atoms with Crippen molar-refractivity contribution in [2.45, 2.75) is 17.0 Å². The molecule has 0 saturated heterocycles. The molecule has 0 aliphatic heterocycles. The molecule has 1 heterocycles. The molecule has 7 heteroatoms. The van der Waals surface area contributed by atoms with Gasteiger partial charge in [0.15, 0.2) is 5.69 Å². The Balaban J connectivity index is 2.13. The second-order valence-corrected chi connectivity index (χ2v) is 4.39. The summed E-state index contributed by atoms with van der Waals surface area (Å²) in [6, 6.07) is 3.15. The highest BCUT2D eigenvalue weighted by molar-refractivity contribution is 7.99. The number of nitrogens with zero attached hydrogens (tertiary/aromatic N) is 1. The number of benzene rings is 1. The van der Waals surface area contributed by atoms with Gasteiger partial charge in [0, 0.05) is 6.07 Å². The molecule has 19 heavy (non-hydrogen) atoms. The van der Waals surface area contributed by atoms with Crippen LogP contribution in [0.15, 0.2) is 39.0 Å².